The van der Waals surface area contributed by atoms with Crippen molar-refractivity contribution < 1.29 is 4.79 Å². The van der Waals surface area contributed by atoms with Gasteiger partial charge >= 0.3 is 0 Å². The first-order valence-electron chi connectivity index (χ1n) is 11.0. The van der Waals surface area contributed by atoms with Crippen LogP contribution in [-0.2, 0) is 4.79 Å². The van der Waals surface area contributed by atoms with Crippen LogP contribution in [0.15, 0.2) is 54.9 Å². The second-order valence-electron chi connectivity index (χ2n) is 8.62. The van der Waals surface area contributed by atoms with Gasteiger partial charge in [0.15, 0.2) is 0 Å². The number of piperidine rings is 1. The summed E-state index contributed by atoms with van der Waals surface area (Å²) in [5.41, 5.74) is 2.41. The Labute approximate surface area is 184 Å². The largest absolute Gasteiger partial charge is 0.350 e. The van der Waals surface area contributed by atoms with Crippen LogP contribution in [0.5, 0.6) is 0 Å². The van der Waals surface area contributed by atoms with Crippen molar-refractivity contribution in [2.75, 3.05) is 19.6 Å². The summed E-state index contributed by atoms with van der Waals surface area (Å²) in [4.78, 5) is 18.8. The molecule has 30 heavy (non-hydrogen) atoms. The second-order valence-corrected chi connectivity index (χ2v) is 9.06. The van der Waals surface area contributed by atoms with Crippen LogP contribution in [0.4, 0.5) is 0 Å². The molecule has 1 aliphatic carbocycles. The average molecular weight is 424 g/mol. The fraction of sp³-hybridized carbons (Fsp3) is 0.440. The molecule has 1 aromatic carbocycles. The number of likely N-dealkylation sites (tertiary alicyclic amines) is 1. The number of halogens is 1. The van der Waals surface area contributed by atoms with Gasteiger partial charge in [0.05, 0.1) is 0 Å². The Morgan fingerprint density at radius 3 is 2.53 bits per heavy atom. The van der Waals surface area contributed by atoms with E-state index in [4.69, 9.17) is 11.6 Å². The molecule has 5 heteroatoms. The molecular formula is C25H30ClN3O. The first-order chi connectivity index (χ1) is 14.7. The summed E-state index contributed by atoms with van der Waals surface area (Å²) in [5, 5.41) is 3.99. The summed E-state index contributed by atoms with van der Waals surface area (Å²) in [7, 11) is 0. The van der Waals surface area contributed by atoms with Crippen molar-refractivity contribution in [2.24, 2.45) is 5.92 Å². The smallest absolute Gasteiger partial charge is 0.244 e. The molecule has 2 unspecified atom stereocenters. The predicted octanol–water partition coefficient (Wildman–Crippen LogP) is 4.91. The number of pyridine rings is 1. The Morgan fingerprint density at radius 1 is 1.07 bits per heavy atom. The van der Waals surface area contributed by atoms with Gasteiger partial charge in [-0.25, -0.2) is 0 Å². The minimum absolute atomic E-state index is 0.00115. The van der Waals surface area contributed by atoms with E-state index in [-0.39, 0.29) is 5.91 Å². The van der Waals surface area contributed by atoms with Crippen molar-refractivity contribution in [1.29, 1.82) is 0 Å². The molecule has 1 amide bonds. The lowest BCUT2D eigenvalue weighted by Crippen LogP contribution is -2.37. The van der Waals surface area contributed by atoms with Crippen LogP contribution < -0.4 is 5.32 Å². The Hall–Kier alpha value is -2.17. The molecule has 1 aliphatic heterocycles. The van der Waals surface area contributed by atoms with Crippen LogP contribution in [0.25, 0.3) is 6.08 Å². The summed E-state index contributed by atoms with van der Waals surface area (Å²) in [6, 6.07) is 12.4. The van der Waals surface area contributed by atoms with E-state index in [0.29, 0.717) is 17.9 Å². The number of benzene rings is 1. The zero-order valence-electron chi connectivity index (χ0n) is 17.3. The lowest BCUT2D eigenvalue weighted by Gasteiger charge is -2.33. The third kappa shape index (κ3) is 5.93. The number of nitrogens with one attached hydrogen (secondary N) is 1. The van der Waals surface area contributed by atoms with E-state index >= 15 is 0 Å². The van der Waals surface area contributed by atoms with Crippen LogP contribution in [0.1, 0.15) is 49.1 Å². The number of amides is 1. The summed E-state index contributed by atoms with van der Waals surface area (Å²) >= 11 is 6.02. The molecule has 0 radical (unpaired) electrons. The van der Waals surface area contributed by atoms with Gasteiger partial charge in [-0.1, -0.05) is 23.7 Å². The van der Waals surface area contributed by atoms with Gasteiger partial charge in [0.25, 0.3) is 0 Å². The number of hydrogen-bond donors (Lipinski definition) is 1. The van der Waals surface area contributed by atoms with E-state index < -0.39 is 0 Å². The fourth-order valence-corrected chi connectivity index (χ4v) is 4.94. The summed E-state index contributed by atoms with van der Waals surface area (Å²) < 4.78 is 0. The minimum atomic E-state index is 0.00115. The zero-order valence-corrected chi connectivity index (χ0v) is 18.1. The highest BCUT2D eigenvalue weighted by Gasteiger charge is 2.28. The lowest BCUT2D eigenvalue weighted by molar-refractivity contribution is -0.117. The molecule has 1 saturated carbocycles. The maximum Gasteiger partial charge on any atom is 0.244 e. The maximum absolute atomic E-state index is 12.2. The summed E-state index contributed by atoms with van der Waals surface area (Å²) in [6.07, 6.45) is 12.7. The molecule has 2 fully saturated rings. The highest BCUT2D eigenvalue weighted by Crippen LogP contribution is 2.31. The molecule has 2 heterocycles. The second kappa shape index (κ2) is 10.2. The van der Waals surface area contributed by atoms with Gasteiger partial charge in [-0.2, -0.15) is 0 Å². The number of rotatable bonds is 6. The van der Waals surface area contributed by atoms with Crippen molar-refractivity contribution in [3.8, 4) is 0 Å². The maximum atomic E-state index is 12.2. The number of hydrogen-bond acceptors (Lipinski definition) is 3. The number of nitrogens with zero attached hydrogens (tertiary/aromatic N) is 2. The molecular weight excluding hydrogens is 394 g/mol. The van der Waals surface area contributed by atoms with E-state index in [2.05, 4.69) is 27.3 Å². The van der Waals surface area contributed by atoms with Gasteiger partial charge in [-0.15, -0.1) is 0 Å². The normalized spacial score (nSPS) is 23.1. The Balaban J connectivity index is 1.18. The van der Waals surface area contributed by atoms with E-state index in [9.17, 15) is 4.79 Å². The Morgan fingerprint density at radius 2 is 1.80 bits per heavy atom. The molecule has 0 spiro atoms. The fourth-order valence-electron chi connectivity index (χ4n) is 4.82. The van der Waals surface area contributed by atoms with Crippen molar-refractivity contribution in [3.63, 3.8) is 0 Å². The van der Waals surface area contributed by atoms with Crippen LogP contribution in [0, 0.1) is 5.92 Å². The van der Waals surface area contributed by atoms with Crippen molar-refractivity contribution >= 4 is 23.6 Å². The van der Waals surface area contributed by atoms with Crippen LogP contribution in [-0.4, -0.2) is 41.5 Å². The van der Waals surface area contributed by atoms with Crippen molar-refractivity contribution in [2.45, 2.75) is 44.1 Å². The molecule has 1 N–H and O–H groups in total. The van der Waals surface area contributed by atoms with Crippen molar-refractivity contribution in [1.82, 2.24) is 15.2 Å². The van der Waals surface area contributed by atoms with Crippen LogP contribution in [0.3, 0.4) is 0 Å². The van der Waals surface area contributed by atoms with Crippen LogP contribution >= 0.6 is 11.6 Å². The number of carbonyl (C=O) groups excluding carboxylic acids is 1. The van der Waals surface area contributed by atoms with Gasteiger partial charge in [-0.05, 0) is 98.5 Å². The van der Waals surface area contributed by atoms with E-state index in [0.717, 1.165) is 43.1 Å². The molecule has 4 nitrogen and oxygen atoms in total. The van der Waals surface area contributed by atoms with Gasteiger partial charge < -0.3 is 10.2 Å². The molecule has 2 aliphatic rings. The molecule has 0 bridgehead atoms. The molecule has 2 aromatic rings. The summed E-state index contributed by atoms with van der Waals surface area (Å²) in [5.74, 6) is 1.34. The van der Waals surface area contributed by atoms with Crippen molar-refractivity contribution in [3.05, 3.63) is 71.0 Å². The SMILES string of the molecule is O=C(/C=C/c1ccncc1)NC1CCC(CN2CCC(c3ccc(Cl)cc3)CC2)C1. The molecule has 158 valence electrons. The van der Waals surface area contributed by atoms with Crippen LogP contribution in [0.2, 0.25) is 5.02 Å². The quantitative estimate of drug-likeness (QED) is 0.671. The summed E-state index contributed by atoms with van der Waals surface area (Å²) in [6.45, 7) is 3.48. The minimum Gasteiger partial charge on any atom is -0.350 e. The monoisotopic (exact) mass is 423 g/mol. The predicted molar refractivity (Wildman–Crippen MR) is 122 cm³/mol. The Kier molecular flexibility index (Phi) is 7.19. The Bertz CT molecular complexity index is 844. The standard InChI is InChI=1S/C25H30ClN3O/c26-23-5-3-21(4-6-23)22-11-15-29(16-12-22)18-20-1-7-24(17-20)28-25(30)8-2-19-9-13-27-14-10-19/h2-6,8-10,13-14,20,22,24H,1,7,11-12,15-18H2,(H,28,30)/b8-2+. The number of carbonyl (C=O) groups is 1. The third-order valence-electron chi connectivity index (χ3n) is 6.47. The van der Waals surface area contributed by atoms with E-state index in [1.54, 1.807) is 18.5 Å². The third-order valence-corrected chi connectivity index (χ3v) is 6.72. The zero-order chi connectivity index (χ0) is 20.8. The average Bonchev–Trinajstić information content (AvgIpc) is 3.21. The van der Waals surface area contributed by atoms with Gasteiger partial charge in [-0.3, -0.25) is 9.78 Å². The van der Waals surface area contributed by atoms with Gasteiger partial charge in [0.2, 0.25) is 5.91 Å². The van der Waals surface area contributed by atoms with E-state index in [1.165, 1.54) is 24.8 Å². The molecule has 4 rings (SSSR count). The molecule has 1 aromatic heterocycles. The number of aromatic nitrogens is 1. The molecule has 1 saturated heterocycles. The first-order valence-corrected chi connectivity index (χ1v) is 11.4. The highest BCUT2D eigenvalue weighted by molar-refractivity contribution is 6.30. The topological polar surface area (TPSA) is 45.2 Å². The first kappa shape index (κ1) is 21.1. The molecule has 2 atom stereocenters. The van der Waals surface area contributed by atoms with Gasteiger partial charge in [0.1, 0.15) is 0 Å². The highest BCUT2D eigenvalue weighted by atomic mass is 35.5. The van der Waals surface area contributed by atoms with Gasteiger partial charge in [0, 0.05) is 36.1 Å². The van der Waals surface area contributed by atoms with E-state index in [1.807, 2.05) is 30.3 Å². The lowest BCUT2D eigenvalue weighted by atomic mass is 9.89.